The standard InChI is InChI=1S/C13H17BrFNO/c1-17-13(5-2-6-13)12(16)7-9-3-4-10(14)8-11(9)15/h3-4,8,12H,2,5-7,16H2,1H3. The lowest BCUT2D eigenvalue weighted by molar-refractivity contribution is -0.0898. The van der Waals surface area contributed by atoms with Crippen molar-refractivity contribution in [1.29, 1.82) is 0 Å². The highest BCUT2D eigenvalue weighted by molar-refractivity contribution is 9.10. The fourth-order valence-electron chi connectivity index (χ4n) is 2.36. The lowest BCUT2D eigenvalue weighted by atomic mass is 9.73. The van der Waals surface area contributed by atoms with Gasteiger partial charge in [0.25, 0.3) is 0 Å². The van der Waals surface area contributed by atoms with Gasteiger partial charge in [0.15, 0.2) is 0 Å². The summed E-state index contributed by atoms with van der Waals surface area (Å²) in [6.07, 6.45) is 3.61. The molecule has 2 N–H and O–H groups in total. The molecule has 1 aromatic rings. The summed E-state index contributed by atoms with van der Waals surface area (Å²) < 4.78 is 20.0. The Labute approximate surface area is 109 Å². The SMILES string of the molecule is COC1(C(N)Cc2ccc(Br)cc2F)CCC1. The van der Waals surface area contributed by atoms with Gasteiger partial charge >= 0.3 is 0 Å². The molecule has 0 radical (unpaired) electrons. The molecule has 0 spiro atoms. The van der Waals surface area contributed by atoms with Crippen LogP contribution in [0.2, 0.25) is 0 Å². The molecule has 0 bridgehead atoms. The number of halogens is 2. The maximum atomic E-state index is 13.7. The van der Waals surface area contributed by atoms with Crippen molar-refractivity contribution in [3.63, 3.8) is 0 Å². The van der Waals surface area contributed by atoms with E-state index in [2.05, 4.69) is 15.9 Å². The minimum atomic E-state index is -0.237. The average Bonchev–Trinajstić information content (AvgIpc) is 2.21. The maximum absolute atomic E-state index is 13.7. The van der Waals surface area contributed by atoms with Gasteiger partial charge in [0, 0.05) is 17.6 Å². The Balaban J connectivity index is 2.10. The number of ether oxygens (including phenoxy) is 1. The fourth-order valence-corrected chi connectivity index (χ4v) is 2.69. The van der Waals surface area contributed by atoms with E-state index in [-0.39, 0.29) is 17.5 Å². The summed E-state index contributed by atoms with van der Waals surface area (Å²) in [5.41, 5.74) is 6.58. The van der Waals surface area contributed by atoms with Crippen LogP contribution in [0, 0.1) is 5.82 Å². The second-order valence-electron chi connectivity index (χ2n) is 4.67. The van der Waals surface area contributed by atoms with Crippen LogP contribution in [0.3, 0.4) is 0 Å². The Morgan fingerprint density at radius 1 is 1.53 bits per heavy atom. The van der Waals surface area contributed by atoms with Crippen molar-refractivity contribution in [1.82, 2.24) is 0 Å². The van der Waals surface area contributed by atoms with Crippen molar-refractivity contribution >= 4 is 15.9 Å². The van der Waals surface area contributed by atoms with E-state index in [0.29, 0.717) is 12.0 Å². The van der Waals surface area contributed by atoms with Crippen molar-refractivity contribution in [2.75, 3.05) is 7.11 Å². The van der Waals surface area contributed by atoms with E-state index in [0.717, 1.165) is 23.7 Å². The summed E-state index contributed by atoms with van der Waals surface area (Å²) in [5.74, 6) is -0.208. The van der Waals surface area contributed by atoms with Gasteiger partial charge in [0.2, 0.25) is 0 Å². The molecule has 1 unspecified atom stereocenters. The van der Waals surface area contributed by atoms with Crippen LogP contribution in [0.5, 0.6) is 0 Å². The molecule has 1 fully saturated rings. The van der Waals surface area contributed by atoms with Gasteiger partial charge in [0.1, 0.15) is 5.82 Å². The summed E-state index contributed by atoms with van der Waals surface area (Å²) in [6, 6.07) is 4.95. The number of nitrogens with two attached hydrogens (primary N) is 1. The highest BCUT2D eigenvalue weighted by Gasteiger charge is 2.42. The molecule has 17 heavy (non-hydrogen) atoms. The molecule has 1 aliphatic carbocycles. The molecule has 0 heterocycles. The van der Waals surface area contributed by atoms with Gasteiger partial charge in [-0.1, -0.05) is 22.0 Å². The first-order valence-electron chi connectivity index (χ1n) is 5.82. The van der Waals surface area contributed by atoms with Crippen LogP contribution in [-0.4, -0.2) is 18.8 Å². The molecule has 1 atom stereocenters. The first-order chi connectivity index (χ1) is 8.07. The largest absolute Gasteiger partial charge is 0.377 e. The quantitative estimate of drug-likeness (QED) is 0.928. The summed E-state index contributed by atoms with van der Waals surface area (Å²) in [6.45, 7) is 0. The highest BCUT2D eigenvalue weighted by atomic mass is 79.9. The van der Waals surface area contributed by atoms with Gasteiger partial charge in [-0.05, 0) is 43.4 Å². The molecule has 0 aromatic heterocycles. The van der Waals surface area contributed by atoms with Gasteiger partial charge in [-0.25, -0.2) is 4.39 Å². The molecule has 1 aromatic carbocycles. The van der Waals surface area contributed by atoms with E-state index in [1.54, 1.807) is 13.2 Å². The molecule has 0 amide bonds. The van der Waals surface area contributed by atoms with Crippen LogP contribution in [0.1, 0.15) is 24.8 Å². The zero-order valence-corrected chi connectivity index (χ0v) is 11.5. The van der Waals surface area contributed by atoms with Gasteiger partial charge < -0.3 is 10.5 Å². The second kappa shape index (κ2) is 5.04. The molecule has 2 nitrogen and oxygen atoms in total. The average molecular weight is 302 g/mol. The third kappa shape index (κ3) is 2.54. The zero-order valence-electron chi connectivity index (χ0n) is 9.88. The molecule has 1 saturated carbocycles. The van der Waals surface area contributed by atoms with E-state index in [1.165, 1.54) is 6.07 Å². The Hall–Kier alpha value is -0.450. The molecular formula is C13H17BrFNO. The van der Waals surface area contributed by atoms with Crippen LogP contribution in [-0.2, 0) is 11.2 Å². The Morgan fingerprint density at radius 3 is 2.71 bits per heavy atom. The monoisotopic (exact) mass is 301 g/mol. The molecule has 1 aliphatic rings. The second-order valence-corrected chi connectivity index (χ2v) is 5.58. The lowest BCUT2D eigenvalue weighted by Gasteiger charge is -2.45. The lowest BCUT2D eigenvalue weighted by Crippen LogP contribution is -2.55. The van der Waals surface area contributed by atoms with Crippen molar-refractivity contribution in [3.8, 4) is 0 Å². The highest BCUT2D eigenvalue weighted by Crippen LogP contribution is 2.38. The minimum absolute atomic E-state index is 0.142. The van der Waals surface area contributed by atoms with Crippen molar-refractivity contribution in [2.24, 2.45) is 5.73 Å². The predicted molar refractivity (Wildman–Crippen MR) is 69.4 cm³/mol. The smallest absolute Gasteiger partial charge is 0.127 e. The van der Waals surface area contributed by atoms with Crippen LogP contribution in [0.15, 0.2) is 22.7 Å². The number of methoxy groups -OCH3 is 1. The van der Waals surface area contributed by atoms with Crippen LogP contribution in [0.25, 0.3) is 0 Å². The third-order valence-electron chi connectivity index (χ3n) is 3.74. The molecule has 4 heteroatoms. The minimum Gasteiger partial charge on any atom is -0.377 e. The topological polar surface area (TPSA) is 35.2 Å². The van der Waals surface area contributed by atoms with Gasteiger partial charge in [-0.3, -0.25) is 0 Å². The molecule has 94 valence electrons. The van der Waals surface area contributed by atoms with Crippen molar-refractivity contribution < 1.29 is 9.13 Å². The summed E-state index contributed by atoms with van der Waals surface area (Å²) >= 11 is 3.24. The molecule has 0 saturated heterocycles. The predicted octanol–water partition coefficient (Wildman–Crippen LogP) is 3.03. The number of rotatable bonds is 4. The first kappa shape index (κ1) is 13.0. The number of hydrogen-bond acceptors (Lipinski definition) is 2. The van der Waals surface area contributed by atoms with Crippen LogP contribution < -0.4 is 5.73 Å². The summed E-state index contributed by atoms with van der Waals surface area (Å²) in [7, 11) is 1.69. The van der Waals surface area contributed by atoms with Crippen molar-refractivity contribution in [3.05, 3.63) is 34.1 Å². The van der Waals surface area contributed by atoms with Crippen molar-refractivity contribution in [2.45, 2.75) is 37.3 Å². The Morgan fingerprint density at radius 2 is 2.24 bits per heavy atom. The molecule has 2 rings (SSSR count). The van der Waals surface area contributed by atoms with E-state index < -0.39 is 0 Å². The van der Waals surface area contributed by atoms with E-state index in [4.69, 9.17) is 10.5 Å². The Bertz CT molecular complexity index is 401. The number of hydrogen-bond donors (Lipinski definition) is 1. The van der Waals surface area contributed by atoms with E-state index >= 15 is 0 Å². The normalized spacial score (nSPS) is 19.8. The molecular weight excluding hydrogens is 285 g/mol. The van der Waals surface area contributed by atoms with E-state index in [1.807, 2.05) is 6.07 Å². The molecule has 0 aliphatic heterocycles. The zero-order chi connectivity index (χ0) is 12.5. The third-order valence-corrected chi connectivity index (χ3v) is 4.23. The van der Waals surface area contributed by atoms with E-state index in [9.17, 15) is 4.39 Å². The Kier molecular flexibility index (Phi) is 3.85. The first-order valence-corrected chi connectivity index (χ1v) is 6.61. The summed E-state index contributed by atoms with van der Waals surface area (Å²) in [5, 5.41) is 0. The van der Waals surface area contributed by atoms with Gasteiger partial charge in [-0.2, -0.15) is 0 Å². The fraction of sp³-hybridized carbons (Fsp3) is 0.538. The van der Waals surface area contributed by atoms with Gasteiger partial charge in [0.05, 0.1) is 5.60 Å². The van der Waals surface area contributed by atoms with Crippen LogP contribution in [0.4, 0.5) is 4.39 Å². The maximum Gasteiger partial charge on any atom is 0.127 e. The summed E-state index contributed by atoms with van der Waals surface area (Å²) in [4.78, 5) is 0. The van der Waals surface area contributed by atoms with Crippen LogP contribution >= 0.6 is 15.9 Å². The van der Waals surface area contributed by atoms with Gasteiger partial charge in [-0.15, -0.1) is 0 Å². The number of benzene rings is 1.